The molecule has 8 nitrogen and oxygen atoms in total. The summed E-state index contributed by atoms with van der Waals surface area (Å²) < 4.78 is 23.6. The monoisotopic (exact) mass is 640 g/mol. The van der Waals surface area contributed by atoms with Gasteiger partial charge in [0, 0.05) is 0 Å². The zero-order valence-corrected chi connectivity index (χ0v) is 30.2. The van der Waals surface area contributed by atoms with Gasteiger partial charge in [0.15, 0.2) is 0 Å². The zero-order valence-electron chi connectivity index (χ0n) is 30.2. The van der Waals surface area contributed by atoms with E-state index in [9.17, 15) is 19.2 Å². The lowest BCUT2D eigenvalue weighted by atomic mass is 9.91. The lowest BCUT2D eigenvalue weighted by Gasteiger charge is -2.33. The molecule has 0 bridgehead atoms. The van der Waals surface area contributed by atoms with E-state index in [4.69, 9.17) is 18.9 Å². The van der Waals surface area contributed by atoms with Gasteiger partial charge in [-0.2, -0.15) is 0 Å². The van der Waals surface area contributed by atoms with Crippen molar-refractivity contribution in [3.63, 3.8) is 0 Å². The van der Waals surface area contributed by atoms with E-state index in [2.05, 4.69) is 27.7 Å². The molecule has 4 atom stereocenters. The number of hydrogen-bond donors (Lipinski definition) is 0. The van der Waals surface area contributed by atoms with E-state index in [1.54, 1.807) is 0 Å². The Morgan fingerprint density at radius 2 is 0.600 bits per heavy atom. The topological polar surface area (TPSA) is 105 Å². The summed E-state index contributed by atoms with van der Waals surface area (Å²) in [7, 11) is 0. The molecule has 8 heteroatoms. The van der Waals surface area contributed by atoms with Gasteiger partial charge < -0.3 is 18.9 Å². The van der Waals surface area contributed by atoms with E-state index in [0.29, 0.717) is 25.7 Å². The Morgan fingerprint density at radius 3 is 0.756 bits per heavy atom. The van der Waals surface area contributed by atoms with E-state index in [-0.39, 0.29) is 74.0 Å². The molecule has 0 unspecified atom stereocenters. The van der Waals surface area contributed by atoms with Crippen molar-refractivity contribution in [2.45, 2.75) is 158 Å². The number of carbonyl (C=O) groups is 4. The molecular weight excluding hydrogens is 572 g/mol. The van der Waals surface area contributed by atoms with Crippen LogP contribution in [0.5, 0.6) is 0 Å². The molecule has 0 aromatic rings. The lowest BCUT2D eigenvalue weighted by molar-refractivity contribution is -0.176. The minimum Gasteiger partial charge on any atom is -0.464 e. The maximum Gasteiger partial charge on any atom is 0.308 e. The minimum atomic E-state index is -1.23. The molecule has 0 saturated carbocycles. The standard InChI is InChI=1S/C37H68O8/c1-9-17-21-29(13-5)33(38)42-25-37(26-43-34(39)30(14-6)22-18-10-2,27-44-35(40)31(15-7)23-19-11-3)28-45-36(41)32(16-8)24-20-12-4/h29-32H,9-28H2,1-8H3/t29-,30-,31-,32-/m1/s1. The van der Waals surface area contributed by atoms with Crippen LogP contribution in [0.1, 0.15) is 158 Å². The van der Waals surface area contributed by atoms with Crippen LogP contribution in [0.3, 0.4) is 0 Å². The zero-order chi connectivity index (χ0) is 34.1. The summed E-state index contributed by atoms with van der Waals surface area (Å²) in [5, 5.41) is 0. The second-order valence-electron chi connectivity index (χ2n) is 12.9. The Morgan fingerprint density at radius 1 is 0.400 bits per heavy atom. The van der Waals surface area contributed by atoms with Crippen LogP contribution in [0.4, 0.5) is 0 Å². The van der Waals surface area contributed by atoms with Crippen LogP contribution < -0.4 is 0 Å². The molecule has 0 N–H and O–H groups in total. The van der Waals surface area contributed by atoms with Gasteiger partial charge in [0.1, 0.15) is 31.8 Å². The van der Waals surface area contributed by atoms with Gasteiger partial charge in [0.05, 0.1) is 23.7 Å². The minimum absolute atomic E-state index is 0.189. The van der Waals surface area contributed by atoms with Crippen LogP contribution in [0, 0.1) is 29.1 Å². The van der Waals surface area contributed by atoms with E-state index in [1.165, 1.54) is 0 Å². The Labute approximate surface area is 275 Å². The predicted octanol–water partition coefficient (Wildman–Crippen LogP) is 9.01. The van der Waals surface area contributed by atoms with E-state index in [0.717, 1.165) is 77.0 Å². The molecule has 0 aliphatic carbocycles. The summed E-state index contributed by atoms with van der Waals surface area (Å²) in [6.45, 7) is 15.4. The SMILES string of the molecule is CCCC[C@@H](CC)C(=O)OCC(COC(=O)[C@H](CC)CCCC)(COC(=O)[C@H](CC)CCCC)COC(=O)[C@H](CC)CCCC. The van der Waals surface area contributed by atoms with Gasteiger partial charge >= 0.3 is 23.9 Å². The van der Waals surface area contributed by atoms with Gasteiger partial charge in [-0.15, -0.1) is 0 Å². The fraction of sp³-hybridized carbons (Fsp3) is 0.892. The van der Waals surface area contributed by atoms with Gasteiger partial charge in [-0.25, -0.2) is 0 Å². The van der Waals surface area contributed by atoms with Crippen LogP contribution in [0.25, 0.3) is 0 Å². The summed E-state index contributed by atoms with van der Waals surface area (Å²) in [5.41, 5.74) is -1.23. The highest BCUT2D eigenvalue weighted by Gasteiger charge is 2.40. The highest BCUT2D eigenvalue weighted by Crippen LogP contribution is 2.27. The molecule has 45 heavy (non-hydrogen) atoms. The number of unbranched alkanes of at least 4 members (excludes halogenated alkanes) is 4. The third kappa shape index (κ3) is 17.4. The molecule has 0 radical (unpaired) electrons. The van der Waals surface area contributed by atoms with Crippen molar-refractivity contribution in [3.8, 4) is 0 Å². The van der Waals surface area contributed by atoms with Crippen LogP contribution in [-0.2, 0) is 38.1 Å². The molecule has 0 aliphatic heterocycles. The maximum absolute atomic E-state index is 13.2. The molecule has 0 saturated heterocycles. The van der Waals surface area contributed by atoms with Gasteiger partial charge in [-0.1, -0.05) is 107 Å². The van der Waals surface area contributed by atoms with Crippen molar-refractivity contribution in [2.24, 2.45) is 29.1 Å². The largest absolute Gasteiger partial charge is 0.464 e. The Hall–Kier alpha value is -2.12. The van der Waals surface area contributed by atoms with Crippen molar-refractivity contribution in [2.75, 3.05) is 26.4 Å². The van der Waals surface area contributed by atoms with Crippen LogP contribution >= 0.6 is 0 Å². The van der Waals surface area contributed by atoms with Gasteiger partial charge in [0.2, 0.25) is 0 Å². The summed E-state index contributed by atoms with van der Waals surface area (Å²) in [6.07, 6.45) is 13.0. The smallest absolute Gasteiger partial charge is 0.308 e. The molecule has 0 rings (SSSR count). The quantitative estimate of drug-likeness (QED) is 0.0616. The average molecular weight is 641 g/mol. The highest BCUT2D eigenvalue weighted by molar-refractivity contribution is 5.74. The van der Waals surface area contributed by atoms with Gasteiger partial charge in [0.25, 0.3) is 0 Å². The fourth-order valence-electron chi connectivity index (χ4n) is 5.37. The number of rotatable bonds is 28. The third-order valence-corrected chi connectivity index (χ3v) is 9.01. The molecular formula is C37H68O8. The van der Waals surface area contributed by atoms with E-state index in [1.807, 2.05) is 27.7 Å². The molecule has 0 fully saturated rings. The van der Waals surface area contributed by atoms with Crippen LogP contribution in [0.2, 0.25) is 0 Å². The van der Waals surface area contributed by atoms with E-state index < -0.39 is 5.41 Å². The number of ether oxygens (including phenoxy) is 4. The Kier molecular flexibility index (Phi) is 24.8. The molecule has 0 amide bonds. The number of hydrogen-bond acceptors (Lipinski definition) is 8. The van der Waals surface area contributed by atoms with Crippen molar-refractivity contribution >= 4 is 23.9 Å². The van der Waals surface area contributed by atoms with Crippen molar-refractivity contribution < 1.29 is 38.1 Å². The van der Waals surface area contributed by atoms with Crippen molar-refractivity contribution in [3.05, 3.63) is 0 Å². The predicted molar refractivity (Wildman–Crippen MR) is 179 cm³/mol. The Bertz CT molecular complexity index is 677. The first-order chi connectivity index (χ1) is 21.6. The van der Waals surface area contributed by atoms with Gasteiger partial charge in [-0.05, 0) is 51.4 Å². The first-order valence-electron chi connectivity index (χ1n) is 18.3. The summed E-state index contributed by atoms with van der Waals surface area (Å²) in [6, 6.07) is 0. The summed E-state index contributed by atoms with van der Waals surface area (Å²) in [4.78, 5) is 52.9. The molecule has 0 spiro atoms. The molecule has 0 aromatic carbocycles. The van der Waals surface area contributed by atoms with Crippen LogP contribution in [0.15, 0.2) is 0 Å². The molecule has 0 aliphatic rings. The lowest BCUT2D eigenvalue weighted by Crippen LogP contribution is -2.45. The van der Waals surface area contributed by atoms with E-state index >= 15 is 0 Å². The summed E-state index contributed by atoms with van der Waals surface area (Å²) >= 11 is 0. The maximum atomic E-state index is 13.2. The fourth-order valence-corrected chi connectivity index (χ4v) is 5.37. The Balaban J connectivity index is 6.32. The second kappa shape index (κ2) is 26.0. The average Bonchev–Trinajstić information content (AvgIpc) is 3.05. The highest BCUT2D eigenvalue weighted by atomic mass is 16.6. The molecule has 0 heterocycles. The first kappa shape index (κ1) is 42.9. The van der Waals surface area contributed by atoms with Crippen molar-refractivity contribution in [1.82, 2.24) is 0 Å². The molecule has 264 valence electrons. The third-order valence-electron chi connectivity index (χ3n) is 9.01. The second-order valence-corrected chi connectivity index (χ2v) is 12.9. The first-order valence-corrected chi connectivity index (χ1v) is 18.3. The normalized spacial score (nSPS) is 14.2. The van der Waals surface area contributed by atoms with Crippen LogP contribution in [-0.4, -0.2) is 50.3 Å². The summed E-state index contributed by atoms with van der Waals surface area (Å²) in [5.74, 6) is -2.38. The van der Waals surface area contributed by atoms with Gasteiger partial charge in [-0.3, -0.25) is 19.2 Å². The number of carbonyl (C=O) groups excluding carboxylic acids is 4. The van der Waals surface area contributed by atoms with Crippen molar-refractivity contribution in [1.29, 1.82) is 0 Å². The molecule has 0 aromatic heterocycles. The number of esters is 4.